The lowest BCUT2D eigenvalue weighted by molar-refractivity contribution is 0.371. The number of hydrogen-bond donors (Lipinski definition) is 3. The molecular formula is C21H28ClFNO3PS. The third-order valence-electron chi connectivity index (χ3n) is 4.43. The van der Waals surface area contributed by atoms with Crippen molar-refractivity contribution in [2.45, 2.75) is 43.5 Å². The third-order valence-corrected chi connectivity index (χ3v) is 6.80. The number of halogens is 2. The van der Waals surface area contributed by atoms with E-state index in [1.54, 1.807) is 6.07 Å². The molecule has 2 aromatic carbocycles. The summed E-state index contributed by atoms with van der Waals surface area (Å²) >= 11 is 7.76. The molecule has 4 nitrogen and oxygen atoms in total. The summed E-state index contributed by atoms with van der Waals surface area (Å²) in [7, 11) is -3.96. The van der Waals surface area contributed by atoms with Gasteiger partial charge in [0.1, 0.15) is 5.82 Å². The third kappa shape index (κ3) is 10.1. The molecule has 0 heterocycles. The average molecular weight is 460 g/mol. The van der Waals surface area contributed by atoms with E-state index in [1.807, 2.05) is 6.07 Å². The number of unbranched alkanes of at least 4 members (excludes halogenated alkanes) is 2. The van der Waals surface area contributed by atoms with Crippen LogP contribution >= 0.6 is 31.0 Å². The quantitative estimate of drug-likeness (QED) is 0.205. The summed E-state index contributed by atoms with van der Waals surface area (Å²) in [5, 5.41) is 3.54. The summed E-state index contributed by atoms with van der Waals surface area (Å²) in [6, 6.07) is 13.5. The summed E-state index contributed by atoms with van der Waals surface area (Å²) < 4.78 is 25.2. The molecule has 29 heavy (non-hydrogen) atoms. The van der Waals surface area contributed by atoms with Gasteiger partial charge in [-0.05, 0) is 61.2 Å². The van der Waals surface area contributed by atoms with E-state index in [4.69, 9.17) is 21.4 Å². The number of hydrogen-bond acceptors (Lipinski definition) is 3. The largest absolute Gasteiger partial charge is 0.325 e. The van der Waals surface area contributed by atoms with Gasteiger partial charge < -0.3 is 15.1 Å². The molecule has 8 heteroatoms. The zero-order chi connectivity index (χ0) is 21.1. The molecule has 0 spiro atoms. The number of aryl methyl sites for hydroxylation is 1. The molecule has 0 unspecified atom stereocenters. The van der Waals surface area contributed by atoms with Crippen molar-refractivity contribution in [2.75, 3.05) is 18.5 Å². The number of nitrogens with one attached hydrogen (secondary N) is 1. The Morgan fingerprint density at radius 3 is 2.55 bits per heavy atom. The predicted molar refractivity (Wildman–Crippen MR) is 119 cm³/mol. The van der Waals surface area contributed by atoms with Crippen LogP contribution in [0.4, 0.5) is 4.39 Å². The zero-order valence-corrected chi connectivity index (χ0v) is 18.8. The lowest BCUT2D eigenvalue weighted by Gasteiger charge is -2.10. The summed E-state index contributed by atoms with van der Waals surface area (Å²) in [6.07, 6.45) is 4.51. The van der Waals surface area contributed by atoms with Crippen LogP contribution in [0.3, 0.4) is 0 Å². The van der Waals surface area contributed by atoms with Gasteiger partial charge in [0.15, 0.2) is 0 Å². The second kappa shape index (κ2) is 12.7. The molecule has 0 aliphatic heterocycles. The van der Waals surface area contributed by atoms with Gasteiger partial charge in [-0.1, -0.05) is 48.4 Å². The lowest BCUT2D eigenvalue weighted by Crippen LogP contribution is -2.16. The molecule has 0 aliphatic rings. The zero-order valence-electron chi connectivity index (χ0n) is 16.3. The van der Waals surface area contributed by atoms with Gasteiger partial charge in [0.25, 0.3) is 0 Å². The maximum atomic E-state index is 14.3. The van der Waals surface area contributed by atoms with Crippen LogP contribution in [0.1, 0.15) is 36.8 Å². The monoisotopic (exact) mass is 459 g/mol. The van der Waals surface area contributed by atoms with E-state index < -0.39 is 7.60 Å². The van der Waals surface area contributed by atoms with Gasteiger partial charge in [-0.15, -0.1) is 11.8 Å². The minimum absolute atomic E-state index is 0.164. The van der Waals surface area contributed by atoms with E-state index in [0.29, 0.717) is 35.0 Å². The van der Waals surface area contributed by atoms with Gasteiger partial charge >= 0.3 is 7.60 Å². The Balaban J connectivity index is 1.68. The number of rotatable bonds is 13. The number of benzene rings is 2. The molecule has 0 aliphatic carbocycles. The van der Waals surface area contributed by atoms with Crippen LogP contribution in [-0.2, 0) is 17.5 Å². The van der Waals surface area contributed by atoms with Crippen molar-refractivity contribution < 1.29 is 18.7 Å². The standard InChI is InChI=1S/C21H28ClFNO3PS/c22-19-15-21(29-13-6-2-5-10-17-8-3-1-4-9-17)20(23)14-18(19)16-24-11-7-12-28(25,26)27/h1,3-4,8-9,14-15,24H,2,5-7,10-13,16H2,(H2,25,26,27). The highest BCUT2D eigenvalue weighted by molar-refractivity contribution is 7.99. The smallest absolute Gasteiger partial charge is 0.324 e. The predicted octanol–water partition coefficient (Wildman–Crippen LogP) is 5.64. The van der Waals surface area contributed by atoms with Crippen LogP contribution in [0, 0.1) is 5.82 Å². The van der Waals surface area contributed by atoms with Gasteiger partial charge in [-0.25, -0.2) is 4.39 Å². The van der Waals surface area contributed by atoms with Crippen molar-refractivity contribution in [2.24, 2.45) is 0 Å². The van der Waals surface area contributed by atoms with E-state index in [2.05, 4.69) is 29.6 Å². The minimum atomic E-state index is -3.96. The normalized spacial score (nSPS) is 11.7. The van der Waals surface area contributed by atoms with Crippen LogP contribution in [0.2, 0.25) is 5.02 Å². The highest BCUT2D eigenvalue weighted by atomic mass is 35.5. The first-order valence-electron chi connectivity index (χ1n) is 9.75. The molecule has 0 bridgehead atoms. The van der Waals surface area contributed by atoms with Crippen LogP contribution in [-0.4, -0.2) is 28.2 Å². The van der Waals surface area contributed by atoms with E-state index >= 15 is 0 Å². The Hall–Kier alpha value is -0.880. The first-order chi connectivity index (χ1) is 13.8. The fraction of sp³-hybridized carbons (Fsp3) is 0.429. The molecular weight excluding hydrogens is 432 g/mol. The van der Waals surface area contributed by atoms with Gasteiger partial charge in [-0.2, -0.15) is 0 Å². The fourth-order valence-corrected chi connectivity index (χ4v) is 4.72. The molecule has 0 saturated carbocycles. The van der Waals surface area contributed by atoms with Gasteiger partial charge in [0.05, 0.1) is 6.16 Å². The highest BCUT2D eigenvalue weighted by Gasteiger charge is 2.12. The van der Waals surface area contributed by atoms with Gasteiger partial charge in [0, 0.05) is 16.5 Å². The Bertz CT molecular complexity index is 804. The summed E-state index contributed by atoms with van der Waals surface area (Å²) in [4.78, 5) is 18.2. The van der Waals surface area contributed by atoms with E-state index in [9.17, 15) is 8.96 Å². The van der Waals surface area contributed by atoms with Crippen molar-refractivity contribution in [3.05, 3.63) is 64.4 Å². The maximum Gasteiger partial charge on any atom is 0.325 e. The highest BCUT2D eigenvalue weighted by Crippen LogP contribution is 2.34. The van der Waals surface area contributed by atoms with Crippen molar-refractivity contribution in [1.82, 2.24) is 5.32 Å². The van der Waals surface area contributed by atoms with E-state index in [-0.39, 0.29) is 12.0 Å². The second-order valence-electron chi connectivity index (χ2n) is 6.94. The minimum Gasteiger partial charge on any atom is -0.324 e. The Labute approximate surface area is 181 Å². The molecule has 0 fully saturated rings. The first-order valence-corrected chi connectivity index (χ1v) is 12.9. The molecule has 2 aromatic rings. The van der Waals surface area contributed by atoms with Crippen molar-refractivity contribution in [3.8, 4) is 0 Å². The fourth-order valence-electron chi connectivity index (χ4n) is 2.88. The van der Waals surface area contributed by atoms with E-state index in [1.165, 1.54) is 23.4 Å². The molecule has 0 radical (unpaired) electrons. The summed E-state index contributed by atoms with van der Waals surface area (Å²) in [5.41, 5.74) is 2.00. The Kier molecular flexibility index (Phi) is 10.7. The first kappa shape index (κ1) is 24.4. The van der Waals surface area contributed by atoms with Crippen molar-refractivity contribution in [3.63, 3.8) is 0 Å². The molecule has 3 N–H and O–H groups in total. The summed E-state index contributed by atoms with van der Waals surface area (Å²) in [6.45, 7) is 0.796. The average Bonchev–Trinajstić information content (AvgIpc) is 2.67. The van der Waals surface area contributed by atoms with Gasteiger partial charge in [-0.3, -0.25) is 4.57 Å². The molecule has 0 amide bonds. The van der Waals surface area contributed by atoms with Crippen LogP contribution in [0.25, 0.3) is 0 Å². The molecule has 0 aromatic heterocycles. The van der Waals surface area contributed by atoms with Crippen molar-refractivity contribution >= 4 is 31.0 Å². The van der Waals surface area contributed by atoms with Crippen LogP contribution in [0.15, 0.2) is 47.4 Å². The van der Waals surface area contributed by atoms with E-state index in [0.717, 1.165) is 31.4 Å². The van der Waals surface area contributed by atoms with Crippen LogP contribution in [0.5, 0.6) is 0 Å². The summed E-state index contributed by atoms with van der Waals surface area (Å²) in [5.74, 6) is 0.567. The molecule has 0 saturated heterocycles. The Morgan fingerprint density at radius 2 is 1.83 bits per heavy atom. The lowest BCUT2D eigenvalue weighted by atomic mass is 10.1. The second-order valence-corrected chi connectivity index (χ2v) is 10.3. The van der Waals surface area contributed by atoms with Crippen molar-refractivity contribution in [1.29, 1.82) is 0 Å². The van der Waals surface area contributed by atoms with Crippen LogP contribution < -0.4 is 5.32 Å². The Morgan fingerprint density at radius 1 is 1.07 bits per heavy atom. The SMILES string of the molecule is O=P(O)(O)CCCNCc1cc(F)c(SCCCCCc2ccccc2)cc1Cl. The topological polar surface area (TPSA) is 69.6 Å². The number of thioether (sulfide) groups is 1. The van der Waals surface area contributed by atoms with Gasteiger partial charge in [0.2, 0.25) is 0 Å². The molecule has 0 atom stereocenters. The molecule has 2 rings (SSSR count). The molecule has 160 valence electrons. The maximum absolute atomic E-state index is 14.3.